The van der Waals surface area contributed by atoms with Gasteiger partial charge in [0.15, 0.2) is 0 Å². The van der Waals surface area contributed by atoms with E-state index in [-0.39, 0.29) is 5.91 Å². The summed E-state index contributed by atoms with van der Waals surface area (Å²) >= 11 is 3.31. The van der Waals surface area contributed by atoms with Crippen LogP contribution in [0.25, 0.3) is 0 Å². The number of hydrogen-bond acceptors (Lipinski definition) is 2. The predicted molar refractivity (Wildman–Crippen MR) is 65.7 cm³/mol. The molecule has 1 aliphatic heterocycles. The number of amides is 1. The average Bonchev–Trinajstić information content (AvgIpc) is 2.58. The smallest absolute Gasteiger partial charge is 0.326 e. The zero-order valence-electron chi connectivity index (χ0n) is 9.31. The van der Waals surface area contributed by atoms with E-state index in [1.54, 1.807) is 13.0 Å². The Kier molecular flexibility index (Phi) is 3.19. The Balaban J connectivity index is 2.34. The van der Waals surface area contributed by atoms with Gasteiger partial charge in [-0.1, -0.05) is 28.9 Å². The van der Waals surface area contributed by atoms with Gasteiger partial charge in [-0.15, -0.1) is 0 Å². The van der Waals surface area contributed by atoms with Crippen LogP contribution in [0.4, 0.5) is 0 Å². The molecule has 5 heteroatoms. The van der Waals surface area contributed by atoms with Crippen molar-refractivity contribution < 1.29 is 14.7 Å². The van der Waals surface area contributed by atoms with Crippen LogP contribution >= 0.6 is 15.9 Å². The van der Waals surface area contributed by atoms with Crippen molar-refractivity contribution in [1.82, 2.24) is 4.90 Å². The van der Waals surface area contributed by atoms with Crippen LogP contribution in [0.1, 0.15) is 29.3 Å². The maximum Gasteiger partial charge on any atom is 0.326 e. The molecule has 0 fully saturated rings. The minimum atomic E-state index is -0.951. The van der Waals surface area contributed by atoms with Crippen molar-refractivity contribution in [2.24, 2.45) is 0 Å². The summed E-state index contributed by atoms with van der Waals surface area (Å²) in [6, 6.07) is 4.71. The van der Waals surface area contributed by atoms with Gasteiger partial charge >= 0.3 is 5.97 Å². The molecule has 0 unspecified atom stereocenters. The van der Waals surface area contributed by atoms with E-state index in [2.05, 4.69) is 15.9 Å². The van der Waals surface area contributed by atoms with Crippen LogP contribution in [0.15, 0.2) is 22.7 Å². The van der Waals surface area contributed by atoms with E-state index in [9.17, 15) is 9.59 Å². The van der Waals surface area contributed by atoms with E-state index in [1.165, 1.54) is 4.90 Å². The summed E-state index contributed by atoms with van der Waals surface area (Å²) in [5.74, 6) is -1.15. The minimum absolute atomic E-state index is 0.199. The fourth-order valence-corrected chi connectivity index (χ4v) is 2.44. The molecule has 4 nitrogen and oxygen atoms in total. The molecule has 1 N–H and O–H groups in total. The largest absolute Gasteiger partial charge is 0.480 e. The lowest BCUT2D eigenvalue weighted by Gasteiger charge is -2.22. The Morgan fingerprint density at radius 1 is 1.59 bits per heavy atom. The maximum absolute atomic E-state index is 12.1. The lowest BCUT2D eigenvalue weighted by atomic mass is 10.1. The second-order valence-corrected chi connectivity index (χ2v) is 4.91. The number of hydrogen-bond donors (Lipinski definition) is 1. The van der Waals surface area contributed by atoms with Crippen LogP contribution in [0.2, 0.25) is 0 Å². The van der Waals surface area contributed by atoms with Gasteiger partial charge < -0.3 is 10.0 Å². The summed E-state index contributed by atoms with van der Waals surface area (Å²) in [5.41, 5.74) is 1.48. The molecule has 1 amide bonds. The van der Waals surface area contributed by atoms with E-state index in [0.717, 1.165) is 10.0 Å². The number of fused-ring (bicyclic) bond motifs is 1. The molecule has 0 saturated heterocycles. The van der Waals surface area contributed by atoms with Gasteiger partial charge in [0.05, 0.1) is 0 Å². The van der Waals surface area contributed by atoms with E-state index in [1.807, 2.05) is 12.1 Å². The van der Waals surface area contributed by atoms with Crippen molar-refractivity contribution in [3.63, 3.8) is 0 Å². The zero-order valence-corrected chi connectivity index (χ0v) is 10.9. The number of carboxylic acids is 1. The summed E-state index contributed by atoms with van der Waals surface area (Å²) < 4.78 is 0.829. The van der Waals surface area contributed by atoms with Gasteiger partial charge in [-0.25, -0.2) is 4.79 Å². The molecule has 0 aromatic heterocycles. The molecule has 1 atom stereocenters. The molecule has 0 saturated carbocycles. The molecule has 1 aromatic rings. The fourth-order valence-electron chi connectivity index (χ4n) is 2.08. The molecular formula is C12H12BrNO3. The highest BCUT2D eigenvalue weighted by Crippen LogP contribution is 2.28. The van der Waals surface area contributed by atoms with E-state index in [4.69, 9.17) is 5.11 Å². The fraction of sp³-hybridized carbons (Fsp3) is 0.333. The second kappa shape index (κ2) is 4.49. The average molecular weight is 298 g/mol. The molecule has 1 aromatic carbocycles. The Morgan fingerprint density at radius 2 is 2.29 bits per heavy atom. The van der Waals surface area contributed by atoms with E-state index in [0.29, 0.717) is 18.5 Å². The summed E-state index contributed by atoms with van der Waals surface area (Å²) in [4.78, 5) is 24.6. The summed E-state index contributed by atoms with van der Waals surface area (Å²) in [7, 11) is 0. The molecule has 2 rings (SSSR count). The SMILES string of the molecule is CC[C@H](C(=O)O)N1Cc2ccc(Br)cc2C1=O. The van der Waals surface area contributed by atoms with Crippen LogP contribution in [0.5, 0.6) is 0 Å². The van der Waals surface area contributed by atoms with E-state index < -0.39 is 12.0 Å². The van der Waals surface area contributed by atoms with Crippen molar-refractivity contribution in [2.75, 3.05) is 0 Å². The molecule has 0 spiro atoms. The van der Waals surface area contributed by atoms with Crippen LogP contribution < -0.4 is 0 Å². The lowest BCUT2D eigenvalue weighted by Crippen LogP contribution is -2.40. The Hall–Kier alpha value is -1.36. The van der Waals surface area contributed by atoms with Gasteiger partial charge in [-0.3, -0.25) is 4.79 Å². The third-order valence-electron chi connectivity index (χ3n) is 2.95. The third kappa shape index (κ3) is 2.07. The van der Waals surface area contributed by atoms with Crippen molar-refractivity contribution in [2.45, 2.75) is 25.9 Å². The normalized spacial score (nSPS) is 15.9. The number of carboxylic acid groups (broad SMARTS) is 1. The molecule has 17 heavy (non-hydrogen) atoms. The van der Waals surface area contributed by atoms with Crippen LogP contribution in [0.3, 0.4) is 0 Å². The molecular weight excluding hydrogens is 286 g/mol. The van der Waals surface area contributed by atoms with Gasteiger partial charge in [-0.2, -0.15) is 0 Å². The number of rotatable bonds is 3. The van der Waals surface area contributed by atoms with Crippen molar-refractivity contribution in [3.05, 3.63) is 33.8 Å². The zero-order chi connectivity index (χ0) is 12.6. The Labute approximate surface area is 107 Å². The molecule has 90 valence electrons. The number of carbonyl (C=O) groups excluding carboxylic acids is 1. The Bertz CT molecular complexity index is 487. The van der Waals surface area contributed by atoms with Gasteiger partial charge in [0, 0.05) is 16.6 Å². The van der Waals surface area contributed by atoms with E-state index >= 15 is 0 Å². The van der Waals surface area contributed by atoms with Gasteiger partial charge in [0.1, 0.15) is 6.04 Å². The first-order chi connectivity index (χ1) is 8.04. The molecule has 0 bridgehead atoms. The summed E-state index contributed by atoms with van der Waals surface area (Å²) in [6.45, 7) is 2.15. The van der Waals surface area contributed by atoms with Crippen LogP contribution in [0, 0.1) is 0 Å². The van der Waals surface area contributed by atoms with Gasteiger partial charge in [0.2, 0.25) is 0 Å². The summed E-state index contributed by atoms with van der Waals surface area (Å²) in [5, 5.41) is 9.08. The number of aliphatic carboxylic acids is 1. The molecule has 1 aliphatic rings. The minimum Gasteiger partial charge on any atom is -0.480 e. The first-order valence-electron chi connectivity index (χ1n) is 5.36. The number of nitrogens with zero attached hydrogens (tertiary/aromatic N) is 1. The monoisotopic (exact) mass is 297 g/mol. The first kappa shape index (κ1) is 12.1. The highest BCUT2D eigenvalue weighted by atomic mass is 79.9. The van der Waals surface area contributed by atoms with Crippen molar-refractivity contribution in [3.8, 4) is 0 Å². The quantitative estimate of drug-likeness (QED) is 0.931. The molecule has 0 radical (unpaired) electrons. The topological polar surface area (TPSA) is 57.6 Å². The highest BCUT2D eigenvalue weighted by molar-refractivity contribution is 9.10. The standard InChI is InChI=1S/C12H12BrNO3/c1-2-10(12(16)17)14-6-7-3-4-8(13)5-9(7)11(14)15/h3-5,10H,2,6H2,1H3,(H,16,17)/t10-/m1/s1. The van der Waals surface area contributed by atoms with Crippen molar-refractivity contribution in [1.29, 1.82) is 0 Å². The van der Waals surface area contributed by atoms with Crippen molar-refractivity contribution >= 4 is 27.8 Å². The molecule has 0 aliphatic carbocycles. The van der Waals surface area contributed by atoms with Gasteiger partial charge in [0.25, 0.3) is 5.91 Å². The Morgan fingerprint density at radius 3 is 2.88 bits per heavy atom. The molecule has 1 heterocycles. The first-order valence-corrected chi connectivity index (χ1v) is 6.16. The highest BCUT2D eigenvalue weighted by Gasteiger charge is 2.35. The number of carbonyl (C=O) groups is 2. The summed E-state index contributed by atoms with van der Waals surface area (Å²) in [6.07, 6.45) is 0.413. The number of halogens is 1. The van der Waals surface area contributed by atoms with Crippen LogP contribution in [-0.2, 0) is 11.3 Å². The van der Waals surface area contributed by atoms with Gasteiger partial charge in [-0.05, 0) is 24.1 Å². The number of benzene rings is 1. The predicted octanol–water partition coefficient (Wildman–Crippen LogP) is 2.27. The maximum atomic E-state index is 12.1. The second-order valence-electron chi connectivity index (χ2n) is 4.00. The van der Waals surface area contributed by atoms with Crippen LogP contribution in [-0.4, -0.2) is 27.9 Å². The lowest BCUT2D eigenvalue weighted by molar-refractivity contribution is -0.142. The third-order valence-corrected chi connectivity index (χ3v) is 3.45.